The lowest BCUT2D eigenvalue weighted by molar-refractivity contribution is -0.137. The second-order valence-corrected chi connectivity index (χ2v) is 8.36. The van der Waals surface area contributed by atoms with Crippen LogP contribution in [-0.2, 0) is 27.1 Å². The van der Waals surface area contributed by atoms with Crippen LogP contribution in [0.1, 0.15) is 66.6 Å². The van der Waals surface area contributed by atoms with E-state index >= 15 is 0 Å². The van der Waals surface area contributed by atoms with Crippen LogP contribution in [0.3, 0.4) is 0 Å². The first-order chi connectivity index (χ1) is 14.9. The molecule has 4 heteroatoms. The molecule has 0 N–H and O–H groups in total. The number of rotatable bonds is 12. The van der Waals surface area contributed by atoms with Gasteiger partial charge in [0.1, 0.15) is 0 Å². The molecule has 2 rings (SSSR count). The third-order valence-electron chi connectivity index (χ3n) is 5.11. The van der Waals surface area contributed by atoms with Gasteiger partial charge in [-0.3, -0.25) is 0 Å². The molecule has 2 aromatic rings. The minimum absolute atomic E-state index is 0.301. The van der Waals surface area contributed by atoms with Crippen LogP contribution < -0.4 is 0 Å². The van der Waals surface area contributed by atoms with Gasteiger partial charge in [-0.05, 0) is 66.3 Å². The van der Waals surface area contributed by atoms with Crippen LogP contribution in [0.15, 0.2) is 61.2 Å². The normalized spacial score (nSPS) is 11.7. The number of benzene rings is 2. The molecule has 0 amide bonds. The fraction of sp³-hybridized carbons (Fsp3) is 0.407. The van der Waals surface area contributed by atoms with Crippen LogP contribution in [0.2, 0.25) is 0 Å². The fourth-order valence-electron chi connectivity index (χ4n) is 3.39. The van der Waals surface area contributed by atoms with Crippen LogP contribution in [0, 0.1) is 5.92 Å². The van der Waals surface area contributed by atoms with Crippen LogP contribution in [-0.4, -0.2) is 25.2 Å². The summed E-state index contributed by atoms with van der Waals surface area (Å²) in [4.78, 5) is 23.1. The van der Waals surface area contributed by atoms with Crippen molar-refractivity contribution in [2.45, 2.75) is 52.4 Å². The van der Waals surface area contributed by atoms with Gasteiger partial charge in [0.2, 0.25) is 0 Å². The molecule has 0 spiro atoms. The van der Waals surface area contributed by atoms with Gasteiger partial charge in [0.15, 0.2) is 0 Å². The van der Waals surface area contributed by atoms with E-state index in [0.717, 1.165) is 18.9 Å². The number of hydrogen-bond acceptors (Lipinski definition) is 4. The summed E-state index contributed by atoms with van der Waals surface area (Å²) < 4.78 is 10.2. The molecule has 0 saturated carbocycles. The van der Waals surface area contributed by atoms with Gasteiger partial charge in [-0.1, -0.05) is 63.7 Å². The summed E-state index contributed by atoms with van der Waals surface area (Å²) in [5.74, 6) is 0.301. The minimum atomic E-state index is -0.436. The molecular formula is C27H34O4. The number of ether oxygens (including phenoxy) is 2. The van der Waals surface area contributed by atoms with Crippen molar-refractivity contribution in [2.75, 3.05) is 13.2 Å². The SMILES string of the molecule is C=CC(=O)OCCCCOC(=O)c1ccc(C[C@@H](C)c2ccc(CC(C)C)cc2)cc1. The Morgan fingerprint density at radius 3 is 1.97 bits per heavy atom. The monoisotopic (exact) mass is 422 g/mol. The van der Waals surface area contributed by atoms with E-state index in [-0.39, 0.29) is 5.97 Å². The lowest BCUT2D eigenvalue weighted by Gasteiger charge is -2.14. The maximum Gasteiger partial charge on any atom is 0.338 e. The van der Waals surface area contributed by atoms with Gasteiger partial charge in [-0.25, -0.2) is 9.59 Å². The number of unbranched alkanes of at least 4 members (excludes halogenated alkanes) is 1. The van der Waals surface area contributed by atoms with Crippen molar-refractivity contribution >= 4 is 11.9 Å². The lowest BCUT2D eigenvalue weighted by Crippen LogP contribution is -2.08. The molecule has 0 saturated heterocycles. The Morgan fingerprint density at radius 2 is 1.39 bits per heavy atom. The van der Waals surface area contributed by atoms with Gasteiger partial charge in [-0.15, -0.1) is 0 Å². The molecule has 0 bridgehead atoms. The van der Waals surface area contributed by atoms with Gasteiger partial charge in [0, 0.05) is 6.08 Å². The summed E-state index contributed by atoms with van der Waals surface area (Å²) in [5, 5.41) is 0. The predicted octanol–water partition coefficient (Wildman–Crippen LogP) is 5.90. The topological polar surface area (TPSA) is 52.6 Å². The number of carbonyl (C=O) groups excluding carboxylic acids is 2. The zero-order valence-corrected chi connectivity index (χ0v) is 18.9. The van der Waals surface area contributed by atoms with Gasteiger partial charge in [0.05, 0.1) is 18.8 Å². The highest BCUT2D eigenvalue weighted by Gasteiger charge is 2.10. The Labute approximate surface area is 186 Å². The van der Waals surface area contributed by atoms with E-state index in [1.54, 1.807) is 0 Å². The summed E-state index contributed by atoms with van der Waals surface area (Å²) in [6, 6.07) is 16.6. The highest BCUT2D eigenvalue weighted by molar-refractivity contribution is 5.89. The molecule has 0 aliphatic heterocycles. The summed E-state index contributed by atoms with van der Waals surface area (Å²) in [6.07, 6.45) is 4.44. The van der Waals surface area contributed by atoms with Crippen LogP contribution in [0.4, 0.5) is 0 Å². The summed E-state index contributed by atoms with van der Waals surface area (Å²) in [7, 11) is 0. The van der Waals surface area contributed by atoms with E-state index in [1.165, 1.54) is 16.7 Å². The highest BCUT2D eigenvalue weighted by atomic mass is 16.5. The number of esters is 2. The first-order valence-electron chi connectivity index (χ1n) is 11.0. The predicted molar refractivity (Wildman–Crippen MR) is 124 cm³/mol. The smallest absolute Gasteiger partial charge is 0.338 e. The van der Waals surface area contributed by atoms with Crippen molar-refractivity contribution in [3.8, 4) is 0 Å². The minimum Gasteiger partial charge on any atom is -0.463 e. The summed E-state index contributed by atoms with van der Waals surface area (Å²) in [5.41, 5.74) is 4.45. The Balaban J connectivity index is 1.77. The Bertz CT molecular complexity index is 835. The molecular weight excluding hydrogens is 388 g/mol. The summed E-state index contributed by atoms with van der Waals surface area (Å²) in [6.45, 7) is 10.6. The lowest BCUT2D eigenvalue weighted by atomic mass is 9.92. The van der Waals surface area contributed by atoms with E-state index in [4.69, 9.17) is 9.47 Å². The molecule has 0 heterocycles. The highest BCUT2D eigenvalue weighted by Crippen LogP contribution is 2.22. The third kappa shape index (κ3) is 8.79. The van der Waals surface area contributed by atoms with Gasteiger partial charge >= 0.3 is 11.9 Å². The molecule has 0 radical (unpaired) electrons. The molecule has 0 unspecified atom stereocenters. The number of hydrogen-bond donors (Lipinski definition) is 0. The fourth-order valence-corrected chi connectivity index (χ4v) is 3.39. The average Bonchev–Trinajstić information content (AvgIpc) is 2.76. The van der Waals surface area contributed by atoms with Gasteiger partial charge < -0.3 is 9.47 Å². The molecule has 1 atom stereocenters. The van der Waals surface area contributed by atoms with Crippen molar-refractivity contribution in [3.05, 3.63) is 83.4 Å². The maximum atomic E-state index is 12.2. The molecule has 31 heavy (non-hydrogen) atoms. The van der Waals surface area contributed by atoms with Crippen molar-refractivity contribution in [3.63, 3.8) is 0 Å². The molecule has 4 nitrogen and oxygen atoms in total. The zero-order valence-electron chi connectivity index (χ0n) is 18.9. The van der Waals surface area contributed by atoms with Crippen molar-refractivity contribution < 1.29 is 19.1 Å². The first-order valence-corrected chi connectivity index (χ1v) is 11.0. The average molecular weight is 423 g/mol. The molecule has 0 aromatic heterocycles. The van der Waals surface area contributed by atoms with Crippen molar-refractivity contribution in [1.82, 2.24) is 0 Å². The Kier molecular flexibility index (Phi) is 10.0. The zero-order chi connectivity index (χ0) is 22.6. The second kappa shape index (κ2) is 12.7. The molecule has 0 fully saturated rings. The van der Waals surface area contributed by atoms with E-state index < -0.39 is 5.97 Å². The largest absolute Gasteiger partial charge is 0.463 e. The van der Waals surface area contributed by atoms with Crippen LogP contribution in [0.5, 0.6) is 0 Å². The maximum absolute atomic E-state index is 12.2. The van der Waals surface area contributed by atoms with E-state index in [2.05, 4.69) is 51.6 Å². The third-order valence-corrected chi connectivity index (χ3v) is 5.11. The van der Waals surface area contributed by atoms with Crippen molar-refractivity contribution in [1.29, 1.82) is 0 Å². The molecule has 166 valence electrons. The van der Waals surface area contributed by atoms with E-state index in [9.17, 15) is 9.59 Å². The second-order valence-electron chi connectivity index (χ2n) is 8.36. The Hall–Kier alpha value is -2.88. The Morgan fingerprint density at radius 1 is 0.839 bits per heavy atom. The van der Waals surface area contributed by atoms with Gasteiger partial charge in [0.25, 0.3) is 0 Å². The molecule has 0 aliphatic carbocycles. The van der Waals surface area contributed by atoms with Crippen LogP contribution >= 0.6 is 0 Å². The first kappa shape index (κ1) is 24.4. The molecule has 2 aromatic carbocycles. The standard InChI is InChI=1S/C27H34O4/c1-5-26(28)30-16-6-7-17-31-27(29)25-14-10-23(11-15-25)19-21(4)24-12-8-22(9-13-24)18-20(2)3/h5,8-15,20-21H,1,6-7,16-19H2,2-4H3/t21-/m1/s1. The molecule has 0 aliphatic rings. The van der Waals surface area contributed by atoms with Gasteiger partial charge in [-0.2, -0.15) is 0 Å². The summed E-state index contributed by atoms with van der Waals surface area (Å²) >= 11 is 0. The van der Waals surface area contributed by atoms with Crippen LogP contribution in [0.25, 0.3) is 0 Å². The quantitative estimate of drug-likeness (QED) is 0.243. The van der Waals surface area contributed by atoms with E-state index in [0.29, 0.717) is 43.5 Å². The number of carbonyl (C=O) groups is 2. The van der Waals surface area contributed by atoms with E-state index in [1.807, 2.05) is 24.3 Å². The van der Waals surface area contributed by atoms with Crippen molar-refractivity contribution in [2.24, 2.45) is 5.92 Å².